The largest absolute Gasteiger partial charge is 0.330 e. The van der Waals surface area contributed by atoms with Crippen molar-refractivity contribution in [3.63, 3.8) is 0 Å². The molecule has 2 saturated carbocycles. The topological polar surface area (TPSA) is 29.3 Å². The first-order valence-corrected chi connectivity index (χ1v) is 8.59. The van der Waals surface area contributed by atoms with Crippen LogP contribution in [0.25, 0.3) is 0 Å². The van der Waals surface area contributed by atoms with Gasteiger partial charge < -0.3 is 5.73 Å². The minimum atomic E-state index is 0.441. The smallest absolute Gasteiger partial charge is 0.00966 e. The molecule has 2 aliphatic carbocycles. The number of hydrogen-bond acceptors (Lipinski definition) is 2. The molecule has 0 atom stereocenters. The highest BCUT2D eigenvalue weighted by Crippen LogP contribution is 2.38. The molecular weight excluding hydrogens is 232 g/mol. The Kier molecular flexibility index (Phi) is 5.70. The summed E-state index contributed by atoms with van der Waals surface area (Å²) >= 11 is 0. The molecule has 2 rings (SSSR count). The van der Waals surface area contributed by atoms with Crippen LogP contribution in [-0.2, 0) is 0 Å². The fraction of sp³-hybridized carbons (Fsp3) is 1.00. The molecule has 0 amide bonds. The summed E-state index contributed by atoms with van der Waals surface area (Å²) in [7, 11) is 0. The first kappa shape index (κ1) is 15.3. The Hall–Kier alpha value is -0.0800. The van der Waals surface area contributed by atoms with Gasteiger partial charge >= 0.3 is 0 Å². The Morgan fingerprint density at radius 1 is 1.11 bits per heavy atom. The summed E-state index contributed by atoms with van der Waals surface area (Å²) in [5.74, 6) is 0.823. The monoisotopic (exact) mass is 266 g/mol. The van der Waals surface area contributed by atoms with Gasteiger partial charge in [0.15, 0.2) is 0 Å². The van der Waals surface area contributed by atoms with Crippen molar-refractivity contribution in [2.24, 2.45) is 17.1 Å². The Morgan fingerprint density at radius 2 is 1.74 bits per heavy atom. The Morgan fingerprint density at radius 3 is 2.21 bits per heavy atom. The van der Waals surface area contributed by atoms with E-state index in [1.165, 1.54) is 70.9 Å². The average Bonchev–Trinajstić information content (AvgIpc) is 3.21. The number of hydrogen-bond donors (Lipinski definition) is 1. The first-order chi connectivity index (χ1) is 9.15. The van der Waals surface area contributed by atoms with Gasteiger partial charge in [0.2, 0.25) is 0 Å². The molecule has 0 aromatic carbocycles. The van der Waals surface area contributed by atoms with Gasteiger partial charge in [-0.25, -0.2) is 0 Å². The van der Waals surface area contributed by atoms with Crippen LogP contribution in [0.3, 0.4) is 0 Å². The van der Waals surface area contributed by atoms with Gasteiger partial charge in [-0.05, 0) is 56.5 Å². The molecule has 19 heavy (non-hydrogen) atoms. The normalized spacial score (nSPS) is 23.8. The van der Waals surface area contributed by atoms with E-state index in [0.29, 0.717) is 5.41 Å². The molecule has 0 aliphatic heterocycles. The molecule has 0 radical (unpaired) electrons. The van der Waals surface area contributed by atoms with Crippen molar-refractivity contribution in [1.29, 1.82) is 0 Å². The van der Waals surface area contributed by atoms with Gasteiger partial charge in [-0.15, -0.1) is 0 Å². The van der Waals surface area contributed by atoms with Gasteiger partial charge in [0.25, 0.3) is 0 Å². The predicted molar refractivity (Wildman–Crippen MR) is 83.2 cm³/mol. The van der Waals surface area contributed by atoms with Crippen LogP contribution in [0.15, 0.2) is 0 Å². The molecule has 0 aromatic rings. The molecule has 0 bridgehead atoms. The number of nitrogens with two attached hydrogens (primary N) is 1. The van der Waals surface area contributed by atoms with Crippen LogP contribution in [0.4, 0.5) is 0 Å². The van der Waals surface area contributed by atoms with Crippen LogP contribution in [0.2, 0.25) is 0 Å². The zero-order valence-corrected chi connectivity index (χ0v) is 13.2. The zero-order chi connectivity index (χ0) is 13.7. The molecule has 2 nitrogen and oxygen atoms in total. The van der Waals surface area contributed by atoms with Crippen LogP contribution in [0, 0.1) is 11.3 Å². The Labute approximate surface area is 120 Å². The summed E-state index contributed by atoms with van der Waals surface area (Å²) in [4.78, 5) is 2.79. The second kappa shape index (κ2) is 7.08. The fourth-order valence-electron chi connectivity index (χ4n) is 3.59. The lowest BCUT2D eigenvalue weighted by Crippen LogP contribution is -2.44. The van der Waals surface area contributed by atoms with Gasteiger partial charge in [-0.2, -0.15) is 0 Å². The van der Waals surface area contributed by atoms with Gasteiger partial charge in [0, 0.05) is 12.6 Å². The van der Waals surface area contributed by atoms with Crippen molar-refractivity contribution < 1.29 is 0 Å². The third-order valence-corrected chi connectivity index (χ3v) is 5.19. The second-order valence-electron chi connectivity index (χ2n) is 7.50. The van der Waals surface area contributed by atoms with E-state index < -0.39 is 0 Å². The van der Waals surface area contributed by atoms with Crippen LogP contribution >= 0.6 is 0 Å². The molecule has 2 fully saturated rings. The van der Waals surface area contributed by atoms with Crippen LogP contribution in [-0.4, -0.2) is 30.6 Å². The quantitative estimate of drug-likeness (QED) is 0.710. The SMILES string of the molecule is CC(C)CCN(CC1(CN)CCCCCC1)C1CC1. The van der Waals surface area contributed by atoms with E-state index in [0.717, 1.165) is 18.5 Å². The molecular formula is C17H34N2. The molecule has 112 valence electrons. The van der Waals surface area contributed by atoms with Crippen molar-refractivity contribution in [3.05, 3.63) is 0 Å². The molecule has 2 aliphatic rings. The minimum Gasteiger partial charge on any atom is -0.330 e. The lowest BCUT2D eigenvalue weighted by atomic mass is 9.79. The molecule has 0 aromatic heterocycles. The fourth-order valence-corrected chi connectivity index (χ4v) is 3.59. The minimum absolute atomic E-state index is 0.441. The zero-order valence-electron chi connectivity index (χ0n) is 13.2. The second-order valence-corrected chi connectivity index (χ2v) is 7.50. The maximum absolute atomic E-state index is 6.21. The van der Waals surface area contributed by atoms with Crippen molar-refractivity contribution in [3.8, 4) is 0 Å². The van der Waals surface area contributed by atoms with Gasteiger partial charge in [0.1, 0.15) is 0 Å². The Balaban J connectivity index is 1.92. The standard InChI is InChI=1S/C17H34N2/c1-15(2)9-12-19(16-7-8-16)14-17(13-18)10-5-3-4-6-11-17/h15-16H,3-14,18H2,1-2H3. The van der Waals surface area contributed by atoms with Crippen LogP contribution < -0.4 is 5.73 Å². The molecule has 2 N–H and O–H groups in total. The first-order valence-electron chi connectivity index (χ1n) is 8.59. The lowest BCUT2D eigenvalue weighted by molar-refractivity contribution is 0.125. The average molecular weight is 266 g/mol. The molecule has 0 saturated heterocycles. The highest BCUT2D eigenvalue weighted by atomic mass is 15.2. The maximum Gasteiger partial charge on any atom is 0.00966 e. The molecule has 0 unspecified atom stereocenters. The van der Waals surface area contributed by atoms with Crippen LogP contribution in [0.1, 0.15) is 71.6 Å². The van der Waals surface area contributed by atoms with Crippen molar-refractivity contribution in [2.75, 3.05) is 19.6 Å². The van der Waals surface area contributed by atoms with Gasteiger partial charge in [-0.3, -0.25) is 4.90 Å². The molecule has 0 spiro atoms. The molecule has 2 heteroatoms. The van der Waals surface area contributed by atoms with E-state index in [1.54, 1.807) is 0 Å². The van der Waals surface area contributed by atoms with Crippen LogP contribution in [0.5, 0.6) is 0 Å². The van der Waals surface area contributed by atoms with E-state index in [4.69, 9.17) is 5.73 Å². The summed E-state index contributed by atoms with van der Waals surface area (Å²) in [6.45, 7) is 8.16. The van der Waals surface area contributed by atoms with Gasteiger partial charge in [0.05, 0.1) is 0 Å². The van der Waals surface area contributed by atoms with E-state index in [-0.39, 0.29) is 0 Å². The Bertz CT molecular complexity index is 250. The summed E-state index contributed by atoms with van der Waals surface area (Å²) in [6.07, 6.45) is 12.6. The highest BCUT2D eigenvalue weighted by Gasteiger charge is 2.36. The molecule has 0 heterocycles. The summed E-state index contributed by atoms with van der Waals surface area (Å²) in [5.41, 5.74) is 6.65. The predicted octanol–water partition coefficient (Wildman–Crippen LogP) is 3.80. The van der Waals surface area contributed by atoms with E-state index >= 15 is 0 Å². The summed E-state index contributed by atoms with van der Waals surface area (Å²) < 4.78 is 0. The summed E-state index contributed by atoms with van der Waals surface area (Å²) in [5, 5.41) is 0. The third kappa shape index (κ3) is 4.75. The van der Waals surface area contributed by atoms with E-state index in [1.807, 2.05) is 0 Å². The lowest BCUT2D eigenvalue weighted by Gasteiger charge is -2.37. The summed E-state index contributed by atoms with van der Waals surface area (Å²) in [6, 6.07) is 0.894. The van der Waals surface area contributed by atoms with E-state index in [2.05, 4.69) is 18.7 Å². The van der Waals surface area contributed by atoms with Crippen molar-refractivity contribution in [2.45, 2.75) is 77.7 Å². The van der Waals surface area contributed by atoms with E-state index in [9.17, 15) is 0 Å². The maximum atomic E-state index is 6.21. The van der Waals surface area contributed by atoms with Crippen molar-refractivity contribution in [1.82, 2.24) is 4.90 Å². The number of nitrogens with zero attached hydrogens (tertiary/aromatic N) is 1. The highest BCUT2D eigenvalue weighted by molar-refractivity contribution is 4.92. The number of rotatable bonds is 7. The third-order valence-electron chi connectivity index (χ3n) is 5.19. The van der Waals surface area contributed by atoms with Gasteiger partial charge in [-0.1, -0.05) is 39.5 Å². The van der Waals surface area contributed by atoms with Crippen molar-refractivity contribution >= 4 is 0 Å².